The highest BCUT2D eigenvalue weighted by molar-refractivity contribution is 5.96. The van der Waals surface area contributed by atoms with Crippen molar-refractivity contribution in [2.75, 3.05) is 26.8 Å². The van der Waals surface area contributed by atoms with Crippen LogP contribution in [0, 0.1) is 5.82 Å². The Labute approximate surface area is 251 Å². The third-order valence-electron chi connectivity index (χ3n) is 7.41. The monoisotopic (exact) mass is 600 g/mol. The summed E-state index contributed by atoms with van der Waals surface area (Å²) < 4.78 is 37.2. The molecule has 6 bridgehead atoms. The maximum Gasteiger partial charge on any atom is 0.360 e. The minimum absolute atomic E-state index is 0.0541. The molecular formula is C32H29FN4O7. The molecule has 4 aromatic rings. The summed E-state index contributed by atoms with van der Waals surface area (Å²) in [5.74, 6) is -0.851. The lowest BCUT2D eigenvalue weighted by Crippen LogP contribution is -2.45. The summed E-state index contributed by atoms with van der Waals surface area (Å²) in [6.07, 6.45) is 0.720. The van der Waals surface area contributed by atoms with Crippen molar-refractivity contribution < 1.29 is 37.4 Å². The molecule has 12 heteroatoms. The Morgan fingerprint density at radius 3 is 2.68 bits per heavy atom. The molecule has 1 aromatic heterocycles. The second kappa shape index (κ2) is 12.6. The van der Waals surface area contributed by atoms with Gasteiger partial charge in [-0.25, -0.2) is 14.2 Å². The van der Waals surface area contributed by atoms with Crippen LogP contribution in [0.1, 0.15) is 32.3 Å². The fourth-order valence-corrected chi connectivity index (χ4v) is 5.16. The van der Waals surface area contributed by atoms with Gasteiger partial charge in [0, 0.05) is 19.6 Å². The quantitative estimate of drug-likeness (QED) is 0.340. The first-order valence-electron chi connectivity index (χ1n) is 14.0. The van der Waals surface area contributed by atoms with E-state index in [0.29, 0.717) is 48.2 Å². The van der Waals surface area contributed by atoms with Gasteiger partial charge >= 0.3 is 5.97 Å². The molecule has 0 radical (unpaired) electrons. The van der Waals surface area contributed by atoms with Crippen molar-refractivity contribution in [1.29, 1.82) is 0 Å². The molecule has 226 valence electrons. The Morgan fingerprint density at radius 1 is 1.05 bits per heavy atom. The SMILES string of the molecule is COC(=O)c1coc(CN2C[C@@H]3NC(=O)c4cc(ccc4F)-c4cccc(c4)OCC(=O)NCc4ccc(cc4)O[C@H]3C2)n1. The molecule has 2 N–H and O–H groups in total. The van der Waals surface area contributed by atoms with Crippen molar-refractivity contribution in [3.05, 3.63) is 102 Å². The molecule has 0 saturated carbocycles. The molecule has 3 aliphatic rings. The molecule has 44 heavy (non-hydrogen) atoms. The van der Waals surface area contributed by atoms with Crippen molar-refractivity contribution in [1.82, 2.24) is 20.5 Å². The zero-order chi connectivity index (χ0) is 30.6. The van der Waals surface area contributed by atoms with E-state index in [1.165, 1.54) is 25.5 Å². The van der Waals surface area contributed by atoms with Gasteiger partial charge in [0.05, 0.1) is 25.3 Å². The van der Waals surface area contributed by atoms with Gasteiger partial charge in [-0.1, -0.05) is 30.3 Å². The second-order valence-corrected chi connectivity index (χ2v) is 10.5. The molecule has 4 heterocycles. The number of halogens is 1. The van der Waals surface area contributed by atoms with Crippen LogP contribution >= 0.6 is 0 Å². The van der Waals surface area contributed by atoms with Gasteiger partial charge in [0.1, 0.15) is 29.7 Å². The van der Waals surface area contributed by atoms with Crippen molar-refractivity contribution >= 4 is 17.8 Å². The summed E-state index contributed by atoms with van der Waals surface area (Å²) in [5.41, 5.74) is 2.08. The highest BCUT2D eigenvalue weighted by Crippen LogP contribution is 2.27. The molecule has 0 unspecified atom stereocenters. The number of aromatic nitrogens is 1. The highest BCUT2D eigenvalue weighted by atomic mass is 19.1. The summed E-state index contributed by atoms with van der Waals surface area (Å²) in [6, 6.07) is 18.0. The largest absolute Gasteiger partial charge is 0.487 e. The minimum atomic E-state index is -0.671. The summed E-state index contributed by atoms with van der Waals surface area (Å²) in [6.45, 7) is 1.09. The minimum Gasteiger partial charge on any atom is -0.487 e. The standard InChI is InChI=1S/C32H29FN4O7/c1-41-32(40)27-17-43-30(35-27)16-37-14-26-28(15-37)44-22-8-5-19(6-9-22)13-34-29(38)18-42-23-4-2-3-20(11-23)21-7-10-25(33)24(12-21)31(39)36-26/h2-12,17,26,28H,13-16,18H2,1H3,(H,34,38)(H,36,39)/t26-,28-/m0/s1. The molecule has 2 amide bonds. The first-order chi connectivity index (χ1) is 21.3. The van der Waals surface area contributed by atoms with E-state index >= 15 is 4.39 Å². The van der Waals surface area contributed by atoms with Crippen LogP contribution in [0.4, 0.5) is 4.39 Å². The highest BCUT2D eigenvalue weighted by Gasteiger charge is 2.37. The van der Waals surface area contributed by atoms with E-state index in [1.807, 2.05) is 23.1 Å². The van der Waals surface area contributed by atoms with Gasteiger partial charge in [0.25, 0.3) is 11.8 Å². The average molecular weight is 601 g/mol. The van der Waals surface area contributed by atoms with Crippen LogP contribution in [-0.2, 0) is 22.6 Å². The van der Waals surface area contributed by atoms with Crippen molar-refractivity contribution in [2.24, 2.45) is 0 Å². The molecule has 0 aliphatic carbocycles. The zero-order valence-corrected chi connectivity index (χ0v) is 23.7. The van der Waals surface area contributed by atoms with Crippen LogP contribution in [0.5, 0.6) is 11.5 Å². The number of oxazole rings is 1. The molecule has 0 spiro atoms. The Bertz CT molecular complexity index is 1690. The Kier molecular flexibility index (Phi) is 8.24. The van der Waals surface area contributed by atoms with Gasteiger partial charge in [-0.05, 0) is 53.1 Å². The molecule has 1 fully saturated rings. The number of hydrogen-bond acceptors (Lipinski definition) is 9. The summed E-state index contributed by atoms with van der Waals surface area (Å²) in [5, 5.41) is 5.80. The van der Waals surface area contributed by atoms with E-state index < -0.39 is 29.8 Å². The number of fused-ring (bicyclic) bond motifs is 7. The molecule has 1 saturated heterocycles. The van der Waals surface area contributed by atoms with Gasteiger partial charge in [0.2, 0.25) is 5.89 Å². The maximum atomic E-state index is 15.0. The van der Waals surface area contributed by atoms with Gasteiger partial charge in [-0.3, -0.25) is 14.5 Å². The number of esters is 1. The Balaban J connectivity index is 1.29. The fraction of sp³-hybridized carbons (Fsp3) is 0.250. The van der Waals surface area contributed by atoms with Gasteiger partial charge < -0.3 is 29.3 Å². The molecule has 11 nitrogen and oxygen atoms in total. The molecule has 7 rings (SSSR count). The normalized spacial score (nSPS) is 18.8. The zero-order valence-electron chi connectivity index (χ0n) is 23.7. The first-order valence-corrected chi connectivity index (χ1v) is 14.0. The predicted molar refractivity (Wildman–Crippen MR) is 154 cm³/mol. The van der Waals surface area contributed by atoms with E-state index in [1.54, 1.807) is 36.4 Å². The third kappa shape index (κ3) is 6.55. The van der Waals surface area contributed by atoms with E-state index in [4.69, 9.17) is 18.6 Å². The van der Waals surface area contributed by atoms with Crippen LogP contribution in [-0.4, -0.2) is 66.6 Å². The summed E-state index contributed by atoms with van der Waals surface area (Å²) >= 11 is 0. The van der Waals surface area contributed by atoms with Gasteiger partial charge in [-0.15, -0.1) is 0 Å². The average Bonchev–Trinajstić information content (AvgIpc) is 3.65. The maximum absolute atomic E-state index is 15.0. The van der Waals surface area contributed by atoms with E-state index in [9.17, 15) is 14.4 Å². The number of hydrogen-bond donors (Lipinski definition) is 2. The third-order valence-corrected chi connectivity index (χ3v) is 7.41. The molecule has 2 atom stereocenters. The number of likely N-dealkylation sites (tertiary alicyclic amines) is 1. The fourth-order valence-electron chi connectivity index (χ4n) is 5.16. The predicted octanol–water partition coefficient (Wildman–Crippen LogP) is 3.34. The number of carbonyl (C=O) groups is 3. The van der Waals surface area contributed by atoms with Crippen molar-refractivity contribution in [3.8, 4) is 22.6 Å². The van der Waals surface area contributed by atoms with E-state index in [-0.39, 0.29) is 30.3 Å². The van der Waals surface area contributed by atoms with Crippen LogP contribution in [0.2, 0.25) is 0 Å². The van der Waals surface area contributed by atoms with E-state index in [2.05, 4.69) is 15.6 Å². The number of ether oxygens (including phenoxy) is 3. The van der Waals surface area contributed by atoms with Gasteiger partial charge in [-0.2, -0.15) is 0 Å². The number of nitrogens with zero attached hydrogens (tertiary/aromatic N) is 2. The number of methoxy groups -OCH3 is 1. The lowest BCUT2D eigenvalue weighted by atomic mass is 10.0. The Morgan fingerprint density at radius 2 is 1.86 bits per heavy atom. The Hall–Kier alpha value is -5.23. The van der Waals surface area contributed by atoms with Crippen molar-refractivity contribution in [2.45, 2.75) is 25.2 Å². The summed E-state index contributed by atoms with van der Waals surface area (Å²) in [7, 11) is 1.26. The number of nitrogens with one attached hydrogen (secondary N) is 2. The van der Waals surface area contributed by atoms with E-state index in [0.717, 1.165) is 5.56 Å². The molecular weight excluding hydrogens is 571 g/mol. The number of benzene rings is 3. The van der Waals surface area contributed by atoms with Crippen LogP contribution in [0.25, 0.3) is 11.1 Å². The summed E-state index contributed by atoms with van der Waals surface area (Å²) in [4.78, 5) is 43.9. The number of rotatable bonds is 3. The number of amides is 2. The second-order valence-electron chi connectivity index (χ2n) is 10.5. The molecule has 3 aliphatic heterocycles. The van der Waals surface area contributed by atoms with Crippen LogP contribution in [0.15, 0.2) is 77.4 Å². The van der Waals surface area contributed by atoms with Gasteiger partial charge in [0.15, 0.2) is 12.3 Å². The first kappa shape index (κ1) is 28.9. The van der Waals surface area contributed by atoms with Crippen molar-refractivity contribution in [3.63, 3.8) is 0 Å². The lowest BCUT2D eigenvalue weighted by molar-refractivity contribution is -0.123. The topological polar surface area (TPSA) is 132 Å². The van der Waals surface area contributed by atoms with Crippen LogP contribution in [0.3, 0.4) is 0 Å². The smallest absolute Gasteiger partial charge is 0.360 e. The van der Waals surface area contributed by atoms with Crippen LogP contribution < -0.4 is 20.1 Å². The lowest BCUT2D eigenvalue weighted by Gasteiger charge is -2.22. The number of carbonyl (C=O) groups excluding carboxylic acids is 3. The molecule has 3 aromatic carbocycles.